The molecule has 4 atom stereocenters. The van der Waals surface area contributed by atoms with Crippen LogP contribution < -0.4 is 5.32 Å². The van der Waals surface area contributed by atoms with Gasteiger partial charge in [-0.2, -0.15) is 0 Å². The SMILES string of the molecule is COC(C)(C)CNC(=O)[C@H]1C2C=CC(C2)[C@H]1C(=O)O. The first-order valence-electron chi connectivity index (χ1n) is 6.60. The van der Waals surface area contributed by atoms with Crippen molar-refractivity contribution in [3.63, 3.8) is 0 Å². The minimum absolute atomic E-state index is 0.00804. The second-order valence-corrected chi connectivity index (χ2v) is 6.02. The van der Waals surface area contributed by atoms with Crippen molar-refractivity contribution in [3.05, 3.63) is 12.2 Å². The van der Waals surface area contributed by atoms with E-state index >= 15 is 0 Å². The van der Waals surface area contributed by atoms with E-state index in [9.17, 15) is 14.7 Å². The molecule has 0 aromatic rings. The van der Waals surface area contributed by atoms with Gasteiger partial charge in [0.15, 0.2) is 0 Å². The van der Waals surface area contributed by atoms with Crippen LogP contribution in [0, 0.1) is 23.7 Å². The monoisotopic (exact) mass is 267 g/mol. The van der Waals surface area contributed by atoms with Crippen LogP contribution in [-0.4, -0.2) is 36.2 Å². The lowest BCUT2D eigenvalue weighted by molar-refractivity contribution is -0.148. The average molecular weight is 267 g/mol. The Bertz CT molecular complexity index is 416. The third-order valence-electron chi connectivity index (χ3n) is 4.29. The van der Waals surface area contributed by atoms with Crippen molar-refractivity contribution in [2.24, 2.45) is 23.7 Å². The van der Waals surface area contributed by atoms with E-state index in [-0.39, 0.29) is 17.7 Å². The number of ether oxygens (including phenoxy) is 1. The van der Waals surface area contributed by atoms with Crippen LogP contribution in [0.3, 0.4) is 0 Å². The van der Waals surface area contributed by atoms with Gasteiger partial charge in [-0.15, -0.1) is 0 Å². The molecule has 0 aromatic heterocycles. The van der Waals surface area contributed by atoms with Crippen molar-refractivity contribution >= 4 is 11.9 Å². The van der Waals surface area contributed by atoms with Gasteiger partial charge in [-0.05, 0) is 32.1 Å². The lowest BCUT2D eigenvalue weighted by atomic mass is 9.82. The number of aliphatic carboxylic acids is 1. The third-order valence-corrected chi connectivity index (χ3v) is 4.29. The Kier molecular flexibility index (Phi) is 3.67. The molecule has 0 radical (unpaired) electrons. The van der Waals surface area contributed by atoms with Crippen LogP contribution in [0.1, 0.15) is 20.3 Å². The highest BCUT2D eigenvalue weighted by Crippen LogP contribution is 2.48. The second kappa shape index (κ2) is 4.96. The van der Waals surface area contributed by atoms with E-state index in [0.29, 0.717) is 6.54 Å². The maximum absolute atomic E-state index is 12.2. The molecule has 2 rings (SSSR count). The molecule has 0 heterocycles. The first kappa shape index (κ1) is 14.1. The quantitative estimate of drug-likeness (QED) is 0.730. The van der Waals surface area contributed by atoms with Crippen LogP contribution in [0.15, 0.2) is 12.2 Å². The number of carbonyl (C=O) groups is 2. The topological polar surface area (TPSA) is 75.6 Å². The third kappa shape index (κ3) is 2.66. The molecule has 106 valence electrons. The molecule has 2 aliphatic rings. The van der Waals surface area contributed by atoms with Gasteiger partial charge in [0.2, 0.25) is 5.91 Å². The smallest absolute Gasteiger partial charge is 0.307 e. The summed E-state index contributed by atoms with van der Waals surface area (Å²) in [6.07, 6.45) is 4.70. The minimum atomic E-state index is -0.872. The molecule has 2 bridgehead atoms. The number of fused-ring (bicyclic) bond motifs is 2. The van der Waals surface area contributed by atoms with Gasteiger partial charge < -0.3 is 15.2 Å². The first-order valence-corrected chi connectivity index (χ1v) is 6.60. The molecule has 2 unspecified atom stereocenters. The number of nitrogens with one attached hydrogen (secondary N) is 1. The molecule has 0 saturated heterocycles. The van der Waals surface area contributed by atoms with Gasteiger partial charge in [0.05, 0.1) is 17.4 Å². The highest BCUT2D eigenvalue weighted by Gasteiger charge is 2.51. The molecule has 0 aliphatic heterocycles. The van der Waals surface area contributed by atoms with E-state index < -0.39 is 23.4 Å². The van der Waals surface area contributed by atoms with Gasteiger partial charge in [-0.3, -0.25) is 9.59 Å². The van der Waals surface area contributed by atoms with Gasteiger partial charge in [-0.25, -0.2) is 0 Å². The van der Waals surface area contributed by atoms with E-state index in [1.165, 1.54) is 0 Å². The summed E-state index contributed by atoms with van der Waals surface area (Å²) in [7, 11) is 1.59. The van der Waals surface area contributed by atoms with Crippen LogP contribution in [0.4, 0.5) is 0 Å². The van der Waals surface area contributed by atoms with Crippen molar-refractivity contribution < 1.29 is 19.4 Å². The molecule has 1 amide bonds. The number of rotatable bonds is 5. The summed E-state index contributed by atoms with van der Waals surface area (Å²) in [4.78, 5) is 23.6. The van der Waals surface area contributed by atoms with E-state index in [4.69, 9.17) is 4.74 Å². The predicted molar refractivity (Wildman–Crippen MR) is 69.5 cm³/mol. The van der Waals surface area contributed by atoms with Gasteiger partial charge >= 0.3 is 5.97 Å². The number of carboxylic acid groups (broad SMARTS) is 1. The van der Waals surface area contributed by atoms with E-state index in [1.807, 2.05) is 26.0 Å². The lowest BCUT2D eigenvalue weighted by Gasteiger charge is -2.27. The number of hydrogen-bond acceptors (Lipinski definition) is 3. The Labute approximate surface area is 113 Å². The molecular formula is C14H21NO4. The van der Waals surface area contributed by atoms with Gasteiger partial charge in [0.1, 0.15) is 0 Å². The van der Waals surface area contributed by atoms with Crippen molar-refractivity contribution in [3.8, 4) is 0 Å². The normalized spacial score (nSPS) is 32.6. The van der Waals surface area contributed by atoms with Crippen molar-refractivity contribution in [1.29, 1.82) is 0 Å². The zero-order valence-corrected chi connectivity index (χ0v) is 11.6. The molecule has 0 aromatic carbocycles. The molecule has 0 spiro atoms. The summed E-state index contributed by atoms with van der Waals surface area (Å²) in [5.41, 5.74) is -0.443. The first-order chi connectivity index (χ1) is 8.85. The van der Waals surface area contributed by atoms with Crippen LogP contribution in [-0.2, 0) is 14.3 Å². The fourth-order valence-electron chi connectivity index (χ4n) is 3.01. The Morgan fingerprint density at radius 3 is 2.42 bits per heavy atom. The fourth-order valence-corrected chi connectivity index (χ4v) is 3.01. The molecule has 1 saturated carbocycles. The number of carboxylic acids is 1. The van der Waals surface area contributed by atoms with E-state index in [1.54, 1.807) is 7.11 Å². The number of carbonyl (C=O) groups excluding carboxylic acids is 1. The van der Waals surface area contributed by atoms with Crippen LogP contribution in [0.2, 0.25) is 0 Å². The second-order valence-electron chi connectivity index (χ2n) is 6.02. The molecule has 5 heteroatoms. The molecule has 2 N–H and O–H groups in total. The lowest BCUT2D eigenvalue weighted by Crippen LogP contribution is -2.45. The Morgan fingerprint density at radius 2 is 1.89 bits per heavy atom. The highest BCUT2D eigenvalue weighted by molar-refractivity contribution is 5.86. The Balaban J connectivity index is 2.02. The highest BCUT2D eigenvalue weighted by atomic mass is 16.5. The maximum Gasteiger partial charge on any atom is 0.307 e. The molecule has 19 heavy (non-hydrogen) atoms. The number of amides is 1. The maximum atomic E-state index is 12.2. The Morgan fingerprint density at radius 1 is 1.32 bits per heavy atom. The molecular weight excluding hydrogens is 246 g/mol. The zero-order chi connectivity index (χ0) is 14.2. The number of methoxy groups -OCH3 is 1. The van der Waals surface area contributed by atoms with Gasteiger partial charge in [0.25, 0.3) is 0 Å². The molecule has 1 fully saturated rings. The van der Waals surface area contributed by atoms with Gasteiger partial charge in [0, 0.05) is 13.7 Å². The molecule has 5 nitrogen and oxygen atoms in total. The van der Waals surface area contributed by atoms with Crippen LogP contribution in [0.5, 0.6) is 0 Å². The van der Waals surface area contributed by atoms with E-state index in [0.717, 1.165) is 6.42 Å². The summed E-state index contributed by atoms with van der Waals surface area (Å²) in [5.74, 6) is -2.00. The van der Waals surface area contributed by atoms with Crippen molar-refractivity contribution in [2.75, 3.05) is 13.7 Å². The van der Waals surface area contributed by atoms with E-state index in [2.05, 4.69) is 5.32 Å². The number of hydrogen-bond donors (Lipinski definition) is 2. The van der Waals surface area contributed by atoms with Gasteiger partial charge in [-0.1, -0.05) is 12.2 Å². The molecule has 2 aliphatic carbocycles. The predicted octanol–water partition coefficient (Wildman–Crippen LogP) is 1.05. The summed E-state index contributed by atoms with van der Waals surface area (Å²) < 4.78 is 5.24. The van der Waals surface area contributed by atoms with Crippen molar-refractivity contribution in [1.82, 2.24) is 5.32 Å². The zero-order valence-electron chi connectivity index (χ0n) is 11.6. The largest absolute Gasteiger partial charge is 0.481 e. The summed E-state index contributed by atoms with van der Waals surface area (Å²) in [5, 5.41) is 12.1. The minimum Gasteiger partial charge on any atom is -0.481 e. The standard InChI is InChI=1S/C14H21NO4/c1-14(2,19-3)7-15-12(16)10-8-4-5-9(6-8)11(10)13(17)18/h4-5,8-11H,6-7H2,1-3H3,(H,15,16)(H,17,18)/t8?,9?,10-,11+/m0/s1. The summed E-state index contributed by atoms with van der Waals surface area (Å²) in [6, 6.07) is 0. The average Bonchev–Trinajstić information content (AvgIpc) is 2.95. The Hall–Kier alpha value is -1.36. The van der Waals surface area contributed by atoms with Crippen LogP contribution in [0.25, 0.3) is 0 Å². The van der Waals surface area contributed by atoms with Crippen molar-refractivity contribution in [2.45, 2.75) is 25.9 Å². The summed E-state index contributed by atoms with van der Waals surface area (Å²) in [6.45, 7) is 4.14. The fraction of sp³-hybridized carbons (Fsp3) is 0.714. The number of allylic oxidation sites excluding steroid dienone is 2. The summed E-state index contributed by atoms with van der Waals surface area (Å²) >= 11 is 0. The van der Waals surface area contributed by atoms with Crippen LogP contribution >= 0.6 is 0 Å².